The van der Waals surface area contributed by atoms with E-state index < -0.39 is 5.97 Å². The van der Waals surface area contributed by atoms with Crippen LogP contribution in [0.1, 0.15) is 25.3 Å². The van der Waals surface area contributed by atoms with Gasteiger partial charge in [-0.15, -0.1) is 0 Å². The average molecular weight is 299 g/mol. The fraction of sp³-hybridized carbons (Fsp3) is 0.429. The van der Waals surface area contributed by atoms with Crippen molar-refractivity contribution in [2.24, 2.45) is 0 Å². The highest BCUT2D eigenvalue weighted by Crippen LogP contribution is 2.16. The second kappa shape index (κ2) is 7.75. The number of aliphatic carboxylic acids is 1. The van der Waals surface area contributed by atoms with Crippen LogP contribution in [-0.2, 0) is 11.3 Å². The minimum atomic E-state index is -0.925. The van der Waals surface area contributed by atoms with E-state index in [1.807, 2.05) is 25.1 Å². The van der Waals surface area contributed by atoms with Crippen molar-refractivity contribution in [3.63, 3.8) is 0 Å². The number of amides is 2. The van der Waals surface area contributed by atoms with Crippen LogP contribution in [0.3, 0.4) is 0 Å². The van der Waals surface area contributed by atoms with Crippen molar-refractivity contribution in [3.05, 3.63) is 34.9 Å². The number of rotatable bonds is 6. The van der Waals surface area contributed by atoms with Crippen LogP contribution in [-0.4, -0.2) is 35.1 Å². The number of carbonyl (C=O) groups excluding carboxylic acids is 1. The van der Waals surface area contributed by atoms with Crippen molar-refractivity contribution in [2.45, 2.75) is 32.4 Å². The summed E-state index contributed by atoms with van der Waals surface area (Å²) in [5, 5.41) is 12.1. The van der Waals surface area contributed by atoms with Crippen molar-refractivity contribution in [3.8, 4) is 0 Å². The van der Waals surface area contributed by atoms with Crippen LogP contribution < -0.4 is 5.32 Å². The molecule has 0 aliphatic carbocycles. The first kappa shape index (κ1) is 16.3. The van der Waals surface area contributed by atoms with Crippen LogP contribution in [0.5, 0.6) is 0 Å². The lowest BCUT2D eigenvalue weighted by Crippen LogP contribution is -2.43. The molecule has 0 aliphatic heterocycles. The van der Waals surface area contributed by atoms with Crippen LogP contribution in [0.25, 0.3) is 0 Å². The van der Waals surface area contributed by atoms with Crippen molar-refractivity contribution in [1.29, 1.82) is 0 Å². The molecule has 0 spiro atoms. The molecule has 0 aliphatic rings. The third-order valence-corrected chi connectivity index (χ3v) is 3.32. The Morgan fingerprint density at radius 3 is 2.60 bits per heavy atom. The Morgan fingerprint density at radius 1 is 1.40 bits per heavy atom. The zero-order valence-corrected chi connectivity index (χ0v) is 12.4. The summed E-state index contributed by atoms with van der Waals surface area (Å²) in [5.74, 6) is -0.925. The van der Waals surface area contributed by atoms with E-state index in [0.29, 0.717) is 18.0 Å². The zero-order chi connectivity index (χ0) is 15.1. The van der Waals surface area contributed by atoms with Crippen molar-refractivity contribution in [2.75, 3.05) is 7.05 Å². The summed E-state index contributed by atoms with van der Waals surface area (Å²) < 4.78 is 0. The third kappa shape index (κ3) is 5.09. The highest BCUT2D eigenvalue weighted by atomic mass is 35.5. The molecular formula is C14H19ClN2O3. The minimum absolute atomic E-state index is 0.0812. The number of benzene rings is 1. The van der Waals surface area contributed by atoms with Crippen LogP contribution in [0, 0.1) is 0 Å². The smallest absolute Gasteiger partial charge is 0.317 e. The molecule has 1 aromatic rings. The predicted octanol–water partition coefficient (Wildman–Crippen LogP) is 2.73. The van der Waals surface area contributed by atoms with E-state index in [1.54, 1.807) is 13.1 Å². The van der Waals surface area contributed by atoms with Gasteiger partial charge in [0.15, 0.2) is 0 Å². The van der Waals surface area contributed by atoms with E-state index in [-0.39, 0.29) is 18.5 Å². The number of nitrogens with one attached hydrogen (secondary N) is 1. The predicted molar refractivity (Wildman–Crippen MR) is 77.8 cm³/mol. The molecule has 0 aromatic heterocycles. The first-order valence-corrected chi connectivity index (χ1v) is 6.78. The van der Waals surface area contributed by atoms with Gasteiger partial charge in [-0.05, 0) is 18.1 Å². The normalized spacial score (nSPS) is 11.8. The van der Waals surface area contributed by atoms with Gasteiger partial charge in [-0.25, -0.2) is 4.79 Å². The van der Waals surface area contributed by atoms with Gasteiger partial charge in [0.05, 0.1) is 6.42 Å². The van der Waals surface area contributed by atoms with Gasteiger partial charge >= 0.3 is 12.0 Å². The van der Waals surface area contributed by atoms with Gasteiger partial charge in [0.25, 0.3) is 0 Å². The number of urea groups is 1. The second-order valence-corrected chi connectivity index (χ2v) is 5.01. The maximum Gasteiger partial charge on any atom is 0.317 e. The Balaban J connectivity index is 2.58. The second-order valence-electron chi connectivity index (χ2n) is 4.60. The standard InChI is InChI=1S/C14H19ClN2O3/c1-3-11(8-13(18)19)16-14(20)17(2)9-10-6-4-5-7-12(10)15/h4-7,11H,3,8-9H2,1-2H3,(H,16,20)(H,18,19). The van der Waals surface area contributed by atoms with Gasteiger partial charge in [-0.1, -0.05) is 36.7 Å². The summed E-state index contributed by atoms with van der Waals surface area (Å²) >= 11 is 6.04. The van der Waals surface area contributed by atoms with Crippen molar-refractivity contribution < 1.29 is 14.7 Å². The Bertz CT molecular complexity index is 479. The van der Waals surface area contributed by atoms with Gasteiger partial charge < -0.3 is 15.3 Å². The molecule has 0 fully saturated rings. The molecule has 0 bridgehead atoms. The number of carboxylic acids is 1. The Hall–Kier alpha value is -1.75. The topological polar surface area (TPSA) is 69.6 Å². The molecule has 2 amide bonds. The number of carbonyl (C=O) groups is 2. The summed E-state index contributed by atoms with van der Waals surface area (Å²) in [6.45, 7) is 2.21. The summed E-state index contributed by atoms with van der Waals surface area (Å²) in [6, 6.07) is 6.62. The van der Waals surface area contributed by atoms with E-state index in [1.165, 1.54) is 4.90 Å². The molecule has 1 unspecified atom stereocenters. The van der Waals surface area contributed by atoms with Gasteiger partial charge in [0.2, 0.25) is 0 Å². The Morgan fingerprint density at radius 2 is 2.05 bits per heavy atom. The highest BCUT2D eigenvalue weighted by Gasteiger charge is 2.17. The van der Waals surface area contributed by atoms with Gasteiger partial charge in [0, 0.05) is 24.7 Å². The van der Waals surface area contributed by atoms with Crippen LogP contribution in [0.2, 0.25) is 5.02 Å². The summed E-state index contributed by atoms with van der Waals surface area (Å²) in [6.07, 6.45) is 0.486. The molecule has 0 saturated heterocycles. The lowest BCUT2D eigenvalue weighted by atomic mass is 10.1. The highest BCUT2D eigenvalue weighted by molar-refractivity contribution is 6.31. The van der Waals surface area contributed by atoms with Crippen molar-refractivity contribution >= 4 is 23.6 Å². The first-order valence-electron chi connectivity index (χ1n) is 6.40. The third-order valence-electron chi connectivity index (χ3n) is 2.95. The van der Waals surface area contributed by atoms with Gasteiger partial charge in [-0.2, -0.15) is 0 Å². The number of hydrogen-bond donors (Lipinski definition) is 2. The minimum Gasteiger partial charge on any atom is -0.481 e. The molecule has 1 atom stereocenters. The van der Waals surface area contributed by atoms with Crippen LogP contribution in [0.4, 0.5) is 4.79 Å². The lowest BCUT2D eigenvalue weighted by Gasteiger charge is -2.22. The largest absolute Gasteiger partial charge is 0.481 e. The van der Waals surface area contributed by atoms with Gasteiger partial charge in [-0.3, -0.25) is 4.79 Å². The van der Waals surface area contributed by atoms with E-state index in [4.69, 9.17) is 16.7 Å². The molecular weight excluding hydrogens is 280 g/mol. The molecule has 0 saturated carbocycles. The molecule has 5 nitrogen and oxygen atoms in total. The van der Waals surface area contributed by atoms with Gasteiger partial charge in [0.1, 0.15) is 0 Å². The number of nitrogens with zero attached hydrogens (tertiary/aromatic N) is 1. The Kier molecular flexibility index (Phi) is 6.31. The lowest BCUT2D eigenvalue weighted by molar-refractivity contribution is -0.137. The van der Waals surface area contributed by atoms with E-state index in [9.17, 15) is 9.59 Å². The maximum absolute atomic E-state index is 12.0. The Labute approximate surface area is 123 Å². The van der Waals surface area contributed by atoms with E-state index in [2.05, 4.69) is 5.32 Å². The van der Waals surface area contributed by atoms with Crippen LogP contribution in [0.15, 0.2) is 24.3 Å². The number of halogens is 1. The van der Waals surface area contributed by atoms with Crippen LogP contribution >= 0.6 is 11.6 Å². The maximum atomic E-state index is 12.0. The molecule has 0 heterocycles. The monoisotopic (exact) mass is 298 g/mol. The van der Waals surface area contributed by atoms with E-state index in [0.717, 1.165) is 5.56 Å². The quantitative estimate of drug-likeness (QED) is 0.848. The molecule has 20 heavy (non-hydrogen) atoms. The molecule has 2 N–H and O–H groups in total. The molecule has 1 aromatic carbocycles. The van der Waals surface area contributed by atoms with E-state index >= 15 is 0 Å². The fourth-order valence-electron chi connectivity index (χ4n) is 1.75. The fourth-order valence-corrected chi connectivity index (χ4v) is 1.94. The summed E-state index contributed by atoms with van der Waals surface area (Å²) in [5.41, 5.74) is 0.845. The summed E-state index contributed by atoms with van der Waals surface area (Å²) in [4.78, 5) is 24.1. The molecule has 110 valence electrons. The number of hydrogen-bond acceptors (Lipinski definition) is 2. The zero-order valence-electron chi connectivity index (χ0n) is 11.6. The van der Waals surface area contributed by atoms with Crippen molar-refractivity contribution in [1.82, 2.24) is 10.2 Å². The number of carboxylic acid groups (broad SMARTS) is 1. The molecule has 1 rings (SSSR count). The SMILES string of the molecule is CCC(CC(=O)O)NC(=O)N(C)Cc1ccccc1Cl. The average Bonchev–Trinajstić information content (AvgIpc) is 2.39. The summed E-state index contributed by atoms with van der Waals surface area (Å²) in [7, 11) is 1.64. The molecule has 0 radical (unpaired) electrons. The first-order chi connectivity index (χ1) is 9.43. The molecule has 6 heteroatoms.